The molecule has 7 nitrogen and oxygen atoms in total. The summed E-state index contributed by atoms with van der Waals surface area (Å²) in [5, 5.41) is 0. The standard InChI is InChI=1S/C21H17F2N5O2/c1-28-18(29)21(27-20(28)24,15-5-7-17(8-6-15)30-19(22)23)16-4-2-3-13(9-16)14-10-25-12-26-11-14/h2-12,19H,1H3,(H2,24,27). The highest BCUT2D eigenvalue weighted by Crippen LogP contribution is 2.41. The van der Waals surface area contributed by atoms with E-state index in [1.165, 1.54) is 42.5 Å². The Morgan fingerprint density at radius 3 is 2.33 bits per heavy atom. The summed E-state index contributed by atoms with van der Waals surface area (Å²) in [5.41, 5.74) is 7.13. The first-order valence-corrected chi connectivity index (χ1v) is 8.96. The largest absolute Gasteiger partial charge is 0.435 e. The van der Waals surface area contributed by atoms with Crippen molar-refractivity contribution in [2.75, 3.05) is 7.05 Å². The van der Waals surface area contributed by atoms with Gasteiger partial charge < -0.3 is 10.5 Å². The highest BCUT2D eigenvalue weighted by atomic mass is 19.3. The third-order valence-electron chi connectivity index (χ3n) is 4.91. The first kappa shape index (κ1) is 19.4. The maximum atomic E-state index is 13.3. The van der Waals surface area contributed by atoms with Crippen molar-refractivity contribution in [3.05, 3.63) is 78.4 Å². The van der Waals surface area contributed by atoms with E-state index in [0.717, 1.165) is 11.1 Å². The molecule has 9 heteroatoms. The Bertz CT molecular complexity index is 1110. The minimum atomic E-state index is -2.94. The second-order valence-electron chi connectivity index (χ2n) is 6.66. The topological polar surface area (TPSA) is 93.7 Å². The van der Waals surface area contributed by atoms with Crippen LogP contribution in [0.1, 0.15) is 11.1 Å². The summed E-state index contributed by atoms with van der Waals surface area (Å²) in [6, 6.07) is 13.1. The molecule has 152 valence electrons. The van der Waals surface area contributed by atoms with Gasteiger partial charge >= 0.3 is 6.61 Å². The summed E-state index contributed by atoms with van der Waals surface area (Å²) < 4.78 is 29.4. The van der Waals surface area contributed by atoms with Crippen LogP contribution in [0, 0.1) is 0 Å². The lowest BCUT2D eigenvalue weighted by Crippen LogP contribution is -2.41. The molecule has 0 saturated heterocycles. The van der Waals surface area contributed by atoms with Crippen molar-refractivity contribution in [2.24, 2.45) is 10.7 Å². The number of benzene rings is 2. The number of aliphatic imine (C=N–C) groups is 1. The van der Waals surface area contributed by atoms with E-state index in [1.54, 1.807) is 24.5 Å². The Morgan fingerprint density at radius 2 is 1.73 bits per heavy atom. The van der Waals surface area contributed by atoms with Gasteiger partial charge in [-0.05, 0) is 34.9 Å². The molecule has 3 aromatic rings. The maximum absolute atomic E-state index is 13.3. The molecule has 1 aliphatic rings. The van der Waals surface area contributed by atoms with E-state index in [4.69, 9.17) is 5.73 Å². The summed E-state index contributed by atoms with van der Waals surface area (Å²) in [6.45, 7) is -2.94. The van der Waals surface area contributed by atoms with Gasteiger partial charge in [-0.3, -0.25) is 9.69 Å². The molecule has 1 aromatic heterocycles. The van der Waals surface area contributed by atoms with Gasteiger partial charge in [0, 0.05) is 25.0 Å². The molecule has 1 unspecified atom stereocenters. The van der Waals surface area contributed by atoms with Crippen LogP contribution in [0.25, 0.3) is 11.1 Å². The molecule has 0 aliphatic carbocycles. The monoisotopic (exact) mass is 409 g/mol. The number of likely N-dealkylation sites (N-methyl/N-ethyl adjacent to an activating group) is 1. The minimum absolute atomic E-state index is 0.0187. The summed E-state index contributed by atoms with van der Waals surface area (Å²) >= 11 is 0. The van der Waals surface area contributed by atoms with Gasteiger partial charge in [-0.25, -0.2) is 15.0 Å². The molecule has 0 saturated carbocycles. The molecule has 4 rings (SSSR count). The maximum Gasteiger partial charge on any atom is 0.387 e. The van der Waals surface area contributed by atoms with Crippen LogP contribution in [0.15, 0.2) is 72.2 Å². The fraction of sp³-hybridized carbons (Fsp3) is 0.143. The van der Waals surface area contributed by atoms with Crippen molar-refractivity contribution in [3.8, 4) is 16.9 Å². The second kappa shape index (κ2) is 7.51. The highest BCUT2D eigenvalue weighted by Gasteiger charge is 2.49. The summed E-state index contributed by atoms with van der Waals surface area (Å²) in [5.74, 6) is -0.319. The Kier molecular flexibility index (Phi) is 4.86. The van der Waals surface area contributed by atoms with Crippen LogP contribution in [0.4, 0.5) is 8.78 Å². The van der Waals surface area contributed by atoms with Gasteiger partial charge in [0.2, 0.25) is 0 Å². The smallest absolute Gasteiger partial charge is 0.387 e. The van der Waals surface area contributed by atoms with Crippen molar-refractivity contribution in [1.82, 2.24) is 14.9 Å². The minimum Gasteiger partial charge on any atom is -0.435 e. The quantitative estimate of drug-likeness (QED) is 0.699. The molecular weight excluding hydrogens is 392 g/mol. The van der Waals surface area contributed by atoms with E-state index < -0.39 is 12.2 Å². The summed E-state index contributed by atoms with van der Waals surface area (Å²) in [7, 11) is 1.53. The summed E-state index contributed by atoms with van der Waals surface area (Å²) in [6.07, 6.45) is 4.75. The van der Waals surface area contributed by atoms with Crippen molar-refractivity contribution in [1.29, 1.82) is 0 Å². The third kappa shape index (κ3) is 3.24. The highest BCUT2D eigenvalue weighted by molar-refractivity contribution is 6.09. The lowest BCUT2D eigenvalue weighted by molar-refractivity contribution is -0.129. The molecule has 30 heavy (non-hydrogen) atoms. The van der Waals surface area contributed by atoms with Crippen LogP contribution in [0.2, 0.25) is 0 Å². The number of rotatable bonds is 5. The number of carbonyl (C=O) groups is 1. The third-order valence-corrected chi connectivity index (χ3v) is 4.91. The van der Waals surface area contributed by atoms with E-state index in [2.05, 4.69) is 19.7 Å². The Balaban J connectivity index is 1.86. The van der Waals surface area contributed by atoms with Crippen molar-refractivity contribution in [2.45, 2.75) is 12.2 Å². The van der Waals surface area contributed by atoms with Gasteiger partial charge in [-0.15, -0.1) is 0 Å². The molecule has 1 amide bonds. The van der Waals surface area contributed by atoms with Gasteiger partial charge in [-0.2, -0.15) is 8.78 Å². The van der Waals surface area contributed by atoms with Crippen molar-refractivity contribution in [3.63, 3.8) is 0 Å². The van der Waals surface area contributed by atoms with Crippen molar-refractivity contribution < 1.29 is 18.3 Å². The first-order valence-electron chi connectivity index (χ1n) is 8.96. The Morgan fingerprint density at radius 1 is 1.03 bits per heavy atom. The number of hydrogen-bond acceptors (Lipinski definition) is 6. The second-order valence-corrected chi connectivity index (χ2v) is 6.66. The lowest BCUT2D eigenvalue weighted by Gasteiger charge is -2.26. The van der Waals surface area contributed by atoms with E-state index >= 15 is 0 Å². The van der Waals surface area contributed by atoms with E-state index in [1.807, 2.05) is 12.1 Å². The zero-order chi connectivity index (χ0) is 21.3. The molecular formula is C21H17F2N5O2. The number of carbonyl (C=O) groups excluding carboxylic acids is 1. The Labute approximate surface area is 170 Å². The number of alkyl halides is 2. The van der Waals surface area contributed by atoms with Crippen LogP contribution in [-0.4, -0.2) is 40.4 Å². The lowest BCUT2D eigenvalue weighted by atomic mass is 9.82. The zero-order valence-corrected chi connectivity index (χ0v) is 15.9. The number of halogens is 2. The van der Waals surface area contributed by atoms with Gasteiger partial charge in [-0.1, -0.05) is 30.3 Å². The van der Waals surface area contributed by atoms with Crippen LogP contribution in [0.3, 0.4) is 0 Å². The van der Waals surface area contributed by atoms with Gasteiger partial charge in [0.15, 0.2) is 11.5 Å². The molecule has 2 heterocycles. The molecule has 2 aromatic carbocycles. The molecule has 0 radical (unpaired) electrons. The van der Waals surface area contributed by atoms with Crippen LogP contribution >= 0.6 is 0 Å². The van der Waals surface area contributed by atoms with E-state index in [9.17, 15) is 13.6 Å². The molecule has 1 atom stereocenters. The Hall–Kier alpha value is -3.88. The SMILES string of the molecule is CN1C(=O)C(c2ccc(OC(F)F)cc2)(c2cccc(-c3cncnc3)c2)N=C1N. The van der Waals surface area contributed by atoms with Gasteiger partial charge in [0.25, 0.3) is 5.91 Å². The number of hydrogen-bond donors (Lipinski definition) is 1. The van der Waals surface area contributed by atoms with Crippen LogP contribution in [-0.2, 0) is 10.3 Å². The normalized spacial score (nSPS) is 18.6. The predicted octanol–water partition coefficient (Wildman–Crippen LogP) is 2.78. The number of aromatic nitrogens is 2. The van der Waals surface area contributed by atoms with Gasteiger partial charge in [0.1, 0.15) is 12.1 Å². The zero-order valence-electron chi connectivity index (χ0n) is 15.9. The van der Waals surface area contributed by atoms with E-state index in [0.29, 0.717) is 11.1 Å². The molecule has 0 fully saturated rings. The average molecular weight is 409 g/mol. The number of nitrogens with zero attached hydrogens (tertiary/aromatic N) is 4. The van der Waals surface area contributed by atoms with Crippen LogP contribution < -0.4 is 10.5 Å². The fourth-order valence-electron chi connectivity index (χ4n) is 3.43. The number of guanidine groups is 1. The molecule has 1 aliphatic heterocycles. The first-order chi connectivity index (χ1) is 14.4. The number of amides is 1. The van der Waals surface area contributed by atoms with E-state index in [-0.39, 0.29) is 17.6 Å². The predicted molar refractivity (Wildman–Crippen MR) is 106 cm³/mol. The molecule has 2 N–H and O–H groups in total. The van der Waals surface area contributed by atoms with Crippen molar-refractivity contribution >= 4 is 11.9 Å². The fourth-order valence-corrected chi connectivity index (χ4v) is 3.43. The molecule has 0 bridgehead atoms. The summed E-state index contributed by atoms with van der Waals surface area (Å²) in [4.78, 5) is 27.1. The number of nitrogens with two attached hydrogens (primary N) is 1. The average Bonchev–Trinajstić information content (AvgIpc) is 2.99. The van der Waals surface area contributed by atoms with Crippen LogP contribution in [0.5, 0.6) is 5.75 Å². The van der Waals surface area contributed by atoms with Gasteiger partial charge in [0.05, 0.1) is 0 Å². The molecule has 0 spiro atoms. The number of ether oxygens (including phenoxy) is 1.